The number of nitrogens with one attached hydrogen (secondary N) is 1. The zero-order valence-corrected chi connectivity index (χ0v) is 19.2. The number of carbonyl (C=O) groups excluding carboxylic acids is 2. The van der Waals surface area contributed by atoms with E-state index in [9.17, 15) is 9.59 Å². The molecule has 0 aromatic heterocycles. The highest BCUT2D eigenvalue weighted by Gasteiger charge is 2.28. The molecule has 3 rings (SSSR count). The Bertz CT molecular complexity index is 1030. The Labute approximate surface area is 189 Å². The molecular formula is C25H30N2O5. The van der Waals surface area contributed by atoms with E-state index in [1.165, 1.54) is 7.11 Å². The van der Waals surface area contributed by atoms with Crippen LogP contribution in [0.15, 0.2) is 42.0 Å². The molecule has 2 aromatic carbocycles. The number of allylic oxidation sites excluding steroid dienone is 1. The molecule has 7 nitrogen and oxygen atoms in total. The van der Waals surface area contributed by atoms with Gasteiger partial charge >= 0.3 is 0 Å². The number of ether oxygens (including phenoxy) is 3. The van der Waals surface area contributed by atoms with Gasteiger partial charge < -0.3 is 19.5 Å². The van der Waals surface area contributed by atoms with E-state index in [4.69, 9.17) is 14.2 Å². The van der Waals surface area contributed by atoms with Crippen LogP contribution in [0, 0.1) is 0 Å². The fourth-order valence-electron chi connectivity index (χ4n) is 3.89. The molecule has 1 atom stereocenters. The van der Waals surface area contributed by atoms with E-state index in [-0.39, 0.29) is 17.7 Å². The lowest BCUT2D eigenvalue weighted by Crippen LogP contribution is -2.37. The number of rotatable bonds is 8. The molecule has 1 N–H and O–H groups in total. The van der Waals surface area contributed by atoms with Gasteiger partial charge in [0.1, 0.15) is 17.2 Å². The highest BCUT2D eigenvalue weighted by atomic mass is 16.5. The lowest BCUT2D eigenvalue weighted by atomic mass is 10.0. The van der Waals surface area contributed by atoms with E-state index in [1.807, 2.05) is 19.2 Å². The van der Waals surface area contributed by atoms with Crippen molar-refractivity contribution in [3.05, 3.63) is 53.1 Å². The molecule has 7 heteroatoms. The molecule has 1 amide bonds. The molecule has 0 aliphatic carbocycles. The minimum absolute atomic E-state index is 0.0571. The Morgan fingerprint density at radius 1 is 1.03 bits per heavy atom. The van der Waals surface area contributed by atoms with Gasteiger partial charge in [-0.1, -0.05) is 6.07 Å². The monoisotopic (exact) mass is 438 g/mol. The topological polar surface area (TPSA) is 77.1 Å². The maximum Gasteiger partial charge on any atom is 0.241 e. The number of nitrogens with zero attached hydrogens (tertiary/aromatic N) is 1. The second-order valence-electron chi connectivity index (χ2n) is 7.81. The molecule has 1 aliphatic rings. The first-order valence-electron chi connectivity index (χ1n) is 10.5. The summed E-state index contributed by atoms with van der Waals surface area (Å²) in [6.07, 6.45) is 3.61. The molecule has 2 aromatic rings. The number of ketones is 1. The zero-order chi connectivity index (χ0) is 23.3. The van der Waals surface area contributed by atoms with E-state index >= 15 is 0 Å². The van der Waals surface area contributed by atoms with Crippen molar-refractivity contribution in [2.24, 2.45) is 0 Å². The van der Waals surface area contributed by atoms with Crippen molar-refractivity contribution in [2.45, 2.75) is 25.8 Å². The molecular weight excluding hydrogens is 408 g/mol. The molecule has 1 aliphatic heterocycles. The van der Waals surface area contributed by atoms with Gasteiger partial charge in [0.15, 0.2) is 5.78 Å². The highest BCUT2D eigenvalue weighted by molar-refractivity contribution is 6.12. The number of likely N-dealkylation sites (N-methyl/N-ethyl adjacent to an activating group) is 1. The van der Waals surface area contributed by atoms with Crippen molar-refractivity contribution in [2.75, 3.05) is 40.2 Å². The first kappa shape index (κ1) is 23.3. The quantitative estimate of drug-likeness (QED) is 0.495. The van der Waals surface area contributed by atoms with Gasteiger partial charge in [-0.15, -0.1) is 0 Å². The smallest absolute Gasteiger partial charge is 0.241 e. The summed E-state index contributed by atoms with van der Waals surface area (Å²) in [4.78, 5) is 27.9. The van der Waals surface area contributed by atoms with E-state index in [0.717, 1.165) is 24.9 Å². The number of hydrogen-bond acceptors (Lipinski definition) is 6. The Kier molecular flexibility index (Phi) is 7.53. The van der Waals surface area contributed by atoms with Crippen LogP contribution >= 0.6 is 0 Å². The third kappa shape index (κ3) is 5.11. The predicted molar refractivity (Wildman–Crippen MR) is 125 cm³/mol. The third-order valence-electron chi connectivity index (χ3n) is 5.70. The van der Waals surface area contributed by atoms with E-state index in [1.54, 1.807) is 51.5 Å². The number of amides is 1. The molecule has 0 saturated carbocycles. The van der Waals surface area contributed by atoms with Gasteiger partial charge in [-0.3, -0.25) is 14.5 Å². The van der Waals surface area contributed by atoms with E-state index in [2.05, 4.69) is 10.2 Å². The molecule has 0 spiro atoms. The minimum atomic E-state index is -0.172. The molecule has 1 fully saturated rings. The van der Waals surface area contributed by atoms with E-state index in [0.29, 0.717) is 34.1 Å². The van der Waals surface area contributed by atoms with Crippen LogP contribution in [0.25, 0.3) is 6.08 Å². The van der Waals surface area contributed by atoms with Crippen LogP contribution in [-0.4, -0.2) is 57.6 Å². The Hall–Kier alpha value is -3.32. The summed E-state index contributed by atoms with van der Waals surface area (Å²) in [6, 6.07) is 10.4. The number of hydrogen-bond donors (Lipinski definition) is 1. The normalized spacial score (nSPS) is 16.5. The van der Waals surface area contributed by atoms with Crippen molar-refractivity contribution in [3.63, 3.8) is 0 Å². The first-order chi connectivity index (χ1) is 15.4. The number of Topliss-reactive ketones (excluding diaryl/α,β-unsaturated/α-hetero) is 1. The Morgan fingerprint density at radius 2 is 1.75 bits per heavy atom. The largest absolute Gasteiger partial charge is 0.497 e. The second-order valence-corrected chi connectivity index (χ2v) is 7.81. The van der Waals surface area contributed by atoms with Crippen LogP contribution in [0.1, 0.15) is 35.7 Å². The lowest BCUT2D eigenvalue weighted by Gasteiger charge is -2.19. The van der Waals surface area contributed by atoms with Gasteiger partial charge in [0.05, 0.1) is 38.6 Å². The van der Waals surface area contributed by atoms with Gasteiger partial charge in [0.25, 0.3) is 0 Å². The Balaban J connectivity index is 1.87. The van der Waals surface area contributed by atoms with Crippen LogP contribution in [-0.2, 0) is 4.79 Å². The Morgan fingerprint density at radius 3 is 2.38 bits per heavy atom. The van der Waals surface area contributed by atoms with Gasteiger partial charge in [-0.05, 0) is 80.9 Å². The third-order valence-corrected chi connectivity index (χ3v) is 5.70. The van der Waals surface area contributed by atoms with Crippen LogP contribution in [0.4, 0.5) is 5.69 Å². The fourth-order valence-corrected chi connectivity index (χ4v) is 3.89. The summed E-state index contributed by atoms with van der Waals surface area (Å²) < 4.78 is 16.0. The molecule has 1 unspecified atom stereocenters. The van der Waals surface area contributed by atoms with Gasteiger partial charge in [-0.2, -0.15) is 0 Å². The number of methoxy groups -OCH3 is 3. The summed E-state index contributed by atoms with van der Waals surface area (Å²) in [7, 11) is 6.59. The standard InChI is InChI=1S/C25H30N2O5/c1-16(24(28)19-15-18(30-3)9-11-22(19)31-4)13-17-8-10-23(32-5)20(14-17)26-25(29)21-7-6-12-27(21)2/h8-11,13-15,21H,6-7,12H2,1-5H3,(H,26,29). The molecule has 170 valence electrons. The SMILES string of the molecule is COc1ccc(OC)c(C(=O)C(C)=Cc2ccc(OC)c(NC(=O)C3CCCN3C)c2)c1. The average molecular weight is 439 g/mol. The van der Waals surface area contributed by atoms with Crippen molar-refractivity contribution in [1.29, 1.82) is 0 Å². The molecule has 1 heterocycles. The van der Waals surface area contributed by atoms with Gasteiger partial charge in [-0.25, -0.2) is 0 Å². The maximum atomic E-state index is 13.1. The van der Waals surface area contributed by atoms with Gasteiger partial charge in [0, 0.05) is 0 Å². The summed E-state index contributed by atoms with van der Waals surface area (Å²) in [5.41, 5.74) is 2.29. The van der Waals surface area contributed by atoms with Crippen LogP contribution < -0.4 is 19.5 Å². The fraction of sp³-hybridized carbons (Fsp3) is 0.360. The highest BCUT2D eigenvalue weighted by Crippen LogP contribution is 2.30. The van der Waals surface area contributed by atoms with Gasteiger partial charge in [0.2, 0.25) is 5.91 Å². The summed E-state index contributed by atoms with van der Waals surface area (Å²) in [6.45, 7) is 2.66. The average Bonchev–Trinajstić information content (AvgIpc) is 3.24. The molecule has 1 saturated heterocycles. The number of benzene rings is 2. The predicted octanol–water partition coefficient (Wildman–Crippen LogP) is 4.03. The van der Waals surface area contributed by atoms with Crippen molar-refractivity contribution >= 4 is 23.5 Å². The second kappa shape index (κ2) is 10.3. The summed E-state index contributed by atoms with van der Waals surface area (Å²) >= 11 is 0. The van der Waals surface area contributed by atoms with E-state index < -0.39 is 0 Å². The minimum Gasteiger partial charge on any atom is -0.497 e. The number of likely N-dealkylation sites (tertiary alicyclic amines) is 1. The van der Waals surface area contributed by atoms with Crippen molar-refractivity contribution in [3.8, 4) is 17.2 Å². The maximum absolute atomic E-state index is 13.1. The van der Waals surface area contributed by atoms with Crippen molar-refractivity contribution < 1.29 is 23.8 Å². The first-order valence-corrected chi connectivity index (χ1v) is 10.5. The van der Waals surface area contributed by atoms with Crippen molar-refractivity contribution in [1.82, 2.24) is 4.90 Å². The summed E-state index contributed by atoms with van der Waals surface area (Å²) in [5.74, 6) is 1.39. The molecule has 32 heavy (non-hydrogen) atoms. The lowest BCUT2D eigenvalue weighted by molar-refractivity contribution is -0.119. The molecule has 0 bridgehead atoms. The number of anilines is 1. The van der Waals surface area contributed by atoms with Crippen LogP contribution in [0.2, 0.25) is 0 Å². The number of carbonyl (C=O) groups is 2. The molecule has 0 radical (unpaired) electrons. The van der Waals surface area contributed by atoms with Crippen LogP contribution in [0.3, 0.4) is 0 Å². The zero-order valence-electron chi connectivity index (χ0n) is 19.2. The summed E-state index contributed by atoms with van der Waals surface area (Å²) in [5, 5.41) is 2.99. The van der Waals surface area contributed by atoms with Crippen LogP contribution in [0.5, 0.6) is 17.2 Å².